The van der Waals surface area contributed by atoms with Crippen molar-refractivity contribution in [3.8, 4) is 33.4 Å². The van der Waals surface area contributed by atoms with Crippen LogP contribution in [0.3, 0.4) is 0 Å². The van der Waals surface area contributed by atoms with Gasteiger partial charge in [-0.2, -0.15) is 15.3 Å². The molecule has 4 fully saturated rings. The van der Waals surface area contributed by atoms with E-state index in [0.29, 0.717) is 87.6 Å². The Hall–Kier alpha value is -11.5. The number of hydrogen-bond donors (Lipinski definition) is 7. The molecule has 7 atom stereocenters. The lowest BCUT2D eigenvalue weighted by molar-refractivity contribution is -0.176. The lowest BCUT2D eigenvalue weighted by Gasteiger charge is -2.24. The fourth-order valence-corrected chi connectivity index (χ4v) is 17.4. The number of nitrogens with one attached hydrogen (secondary N) is 3. The second-order valence-corrected chi connectivity index (χ2v) is 31.9. The number of aromatic nitrogens is 6. The molecule has 124 heavy (non-hydrogen) atoms. The van der Waals surface area contributed by atoms with Gasteiger partial charge in [0.2, 0.25) is 35.4 Å². The van der Waals surface area contributed by atoms with E-state index in [4.69, 9.17) is 60.5 Å². The molecule has 3 aliphatic carbocycles. The van der Waals surface area contributed by atoms with E-state index in [-0.39, 0.29) is 116 Å². The molecule has 0 bridgehead atoms. The molecule has 7 heterocycles. The van der Waals surface area contributed by atoms with E-state index in [1.165, 1.54) is 51.2 Å². The van der Waals surface area contributed by atoms with Gasteiger partial charge in [0.25, 0.3) is 5.91 Å². The third-order valence-electron chi connectivity index (χ3n) is 22.6. The molecule has 4 saturated heterocycles. The van der Waals surface area contributed by atoms with Gasteiger partial charge in [0.05, 0.1) is 49.4 Å². The zero-order valence-corrected chi connectivity index (χ0v) is 69.9. The van der Waals surface area contributed by atoms with Gasteiger partial charge in [-0.1, -0.05) is 126 Å². The van der Waals surface area contributed by atoms with E-state index in [2.05, 4.69) is 38.2 Å². The summed E-state index contributed by atoms with van der Waals surface area (Å²) >= 11 is 18.7. The Morgan fingerprint density at radius 2 is 0.774 bits per heavy atom. The number of carbonyl (C=O) groups excluding carboxylic acids is 8. The fourth-order valence-electron chi connectivity index (χ4n) is 16.7. The van der Waals surface area contributed by atoms with Crippen molar-refractivity contribution in [1.29, 1.82) is 0 Å². The summed E-state index contributed by atoms with van der Waals surface area (Å²) < 4.78 is 104. The smallest absolute Gasteiger partial charge is 0.359 e. The number of benzene rings is 6. The van der Waals surface area contributed by atoms with E-state index in [1.54, 1.807) is 110 Å². The van der Waals surface area contributed by atoms with Gasteiger partial charge in [-0.15, -0.1) is 0 Å². The number of aromatic carboxylic acids is 1. The molecule has 3 aromatic heterocycles. The van der Waals surface area contributed by atoms with Gasteiger partial charge >= 0.3 is 11.9 Å². The van der Waals surface area contributed by atoms with Crippen LogP contribution in [0.25, 0.3) is 33.4 Å². The maximum atomic E-state index is 15.4. The van der Waals surface area contributed by atoms with Gasteiger partial charge in [-0.3, -0.25) is 58.1 Å². The van der Waals surface area contributed by atoms with Gasteiger partial charge in [0, 0.05) is 108 Å². The molecule has 4 aliphatic heterocycles. The summed E-state index contributed by atoms with van der Waals surface area (Å²) in [6.07, 6.45) is 7.08. The fraction of sp³-hybridized carbons (Fsp3) is 0.386. The lowest BCUT2D eigenvalue weighted by atomic mass is 9.95. The molecule has 36 heteroatoms. The largest absolute Gasteiger partial charge is 0.476 e. The SMILES string of the molecule is CC1CCCO1.CCOC(=O)c1nn(CC(=O)N2C[C@H](F)C[C@H]2C(=O)Nc2cccc(-c3ccccc3Cl)c2F)c2c1CCCC2.NC(=O)c1nn(CC(=O)N2C[C@H](F)C[C@H]2C(=O)Nc2cccc(-c3ccccc3Cl)c2F)c2c1CCCC2.O=C(O)c1nn(CC(=O)N2C[C@H](F)C[C@H]2C(=O)Nc2cccc(-c3ccccc3Cl)c2F)c2c1CCCC2.OO. The number of nitrogens with two attached hydrogens (primary N) is 1. The van der Waals surface area contributed by atoms with Crippen molar-refractivity contribution in [2.24, 2.45) is 5.73 Å². The number of nitrogens with zero attached hydrogens (tertiary/aromatic N) is 9. The van der Waals surface area contributed by atoms with E-state index >= 15 is 13.2 Å². The van der Waals surface area contributed by atoms with Gasteiger partial charge in [-0.25, -0.2) is 35.9 Å². The zero-order valence-electron chi connectivity index (χ0n) is 67.7. The molecule has 6 aromatic carbocycles. The van der Waals surface area contributed by atoms with Crippen LogP contribution in [-0.4, -0.2) is 189 Å². The van der Waals surface area contributed by atoms with Crippen molar-refractivity contribution in [2.45, 2.75) is 185 Å². The molecule has 7 aliphatic rings. The van der Waals surface area contributed by atoms with Crippen LogP contribution in [0.2, 0.25) is 15.1 Å². The number of alkyl halides is 3. The Bertz CT molecular complexity index is 5260. The number of primary amides is 1. The number of carbonyl (C=O) groups is 9. The standard InChI is InChI=1S/C29H29ClF2N4O4.C27H26ClF2N5O3.C27H25ClF2N4O4.C5H10O.H2O2/c1-2-40-29(39)27-20-9-4-6-13-23(20)36(34-27)16-25(37)35-15-17(31)14-24(35)28(38)33-22-12-7-10-19(26(22)32)18-8-3-5-11-21(18)30;28-19-9-3-1-6-16(19)17-8-5-10-20(24(17)30)32-27(38)22-12-15(29)13-34(22)23(36)14-35-21-11-4-2-7-18(21)25(33-35)26(31)37;28-19-9-3-1-6-16(19)17-8-5-10-20(24(17)30)31-26(36)22-12-15(29)13-33(22)23(35)14-34-21-11-4-2-7-18(21)25(32-34)27(37)38;1-5-3-2-4-6-5;1-2/h3,5,7-8,10-12,17,24H,2,4,6,9,13-16H2,1H3,(H,33,38);1,3,5-6,8-10,15,22H,2,4,7,11-14H2,(H2,31,37)(H,32,38);1,3,5-6,8-10,15,22H,2,4,7,11-14H2,(H,31,36)(H,37,38);5H,2-4H2,1H3;1-2H/t17-,24+;2*15-,22+;;/m111../s1. The molecule has 0 radical (unpaired) electrons. The topological polar surface area (TPSA) is 358 Å². The van der Waals surface area contributed by atoms with Crippen molar-refractivity contribution < 1.29 is 94.6 Å². The highest BCUT2D eigenvalue weighted by atomic mass is 35.5. The van der Waals surface area contributed by atoms with Crippen LogP contribution in [0.1, 0.15) is 150 Å². The van der Waals surface area contributed by atoms with Crippen molar-refractivity contribution in [1.82, 2.24) is 44.0 Å². The normalized spacial score (nSPS) is 19.1. The van der Waals surface area contributed by atoms with Gasteiger partial charge in [0.1, 0.15) is 56.3 Å². The number of esters is 1. The van der Waals surface area contributed by atoms with Crippen LogP contribution in [0.5, 0.6) is 0 Å². The summed E-state index contributed by atoms with van der Waals surface area (Å²) in [4.78, 5) is 119. The first-order valence-corrected chi connectivity index (χ1v) is 41.9. The molecular weight excluding hydrogens is 1680 g/mol. The number of fused-ring (bicyclic) bond motifs is 3. The van der Waals surface area contributed by atoms with Crippen molar-refractivity contribution in [3.05, 3.63) is 211 Å². The summed E-state index contributed by atoms with van der Waals surface area (Å²) in [6.45, 7) is 3.33. The summed E-state index contributed by atoms with van der Waals surface area (Å²) in [5, 5.41) is 42.9. The Labute approximate surface area is 724 Å². The summed E-state index contributed by atoms with van der Waals surface area (Å²) in [5.41, 5.74) is 11.7. The first kappa shape index (κ1) is 91.7. The van der Waals surface area contributed by atoms with E-state index in [0.717, 1.165) is 82.3 Å². The second-order valence-electron chi connectivity index (χ2n) is 30.7. The van der Waals surface area contributed by atoms with Crippen molar-refractivity contribution in [2.75, 3.05) is 48.8 Å². The van der Waals surface area contributed by atoms with E-state index in [9.17, 15) is 61.4 Å². The summed E-state index contributed by atoms with van der Waals surface area (Å²) in [7, 11) is 0. The lowest BCUT2D eigenvalue weighted by Crippen LogP contribution is -2.44. The minimum Gasteiger partial charge on any atom is -0.476 e. The maximum absolute atomic E-state index is 15.4. The first-order valence-electron chi connectivity index (χ1n) is 40.8. The van der Waals surface area contributed by atoms with Crippen LogP contribution >= 0.6 is 34.8 Å². The predicted molar refractivity (Wildman–Crippen MR) is 449 cm³/mol. The molecule has 0 saturated carbocycles. The molecule has 1 unspecified atom stereocenters. The zero-order chi connectivity index (χ0) is 88.7. The molecule has 7 amide bonds. The number of amides is 7. The molecule has 0 spiro atoms. The van der Waals surface area contributed by atoms with Gasteiger partial charge < -0.3 is 51.0 Å². The number of likely N-dealkylation sites (tertiary alicyclic amines) is 3. The number of halogens is 9. The van der Waals surface area contributed by atoms with Crippen LogP contribution in [-0.2, 0) is 96.4 Å². The highest BCUT2D eigenvalue weighted by molar-refractivity contribution is 6.34. The number of carboxylic acid groups (broad SMARTS) is 1. The third kappa shape index (κ3) is 21.1. The average Bonchev–Trinajstić information content (AvgIpc) is 1.75. The second kappa shape index (κ2) is 41.8. The summed E-state index contributed by atoms with van der Waals surface area (Å²) in [6, 6.07) is 30.3. The van der Waals surface area contributed by atoms with Crippen LogP contribution in [0, 0.1) is 17.5 Å². The van der Waals surface area contributed by atoms with Crippen LogP contribution in [0.4, 0.5) is 43.4 Å². The number of ether oxygens (including phenoxy) is 2. The van der Waals surface area contributed by atoms with Gasteiger partial charge in [0.15, 0.2) is 34.5 Å². The minimum atomic E-state index is -1.44. The third-order valence-corrected chi connectivity index (χ3v) is 23.6. The molecular formula is C88H92Cl3F6N13O14. The number of hydrogen-bond acceptors (Lipinski definition) is 16. The number of carboxylic acids is 1. The number of rotatable bonds is 19. The highest BCUT2D eigenvalue weighted by Gasteiger charge is 2.45. The number of anilines is 3. The predicted octanol–water partition coefficient (Wildman–Crippen LogP) is 14.6. The quantitative estimate of drug-likeness (QED) is 0.0171. The Kier molecular flexibility index (Phi) is 30.9. The van der Waals surface area contributed by atoms with E-state index < -0.39 is 107 Å². The monoisotopic (exact) mass is 1770 g/mol. The van der Waals surface area contributed by atoms with Crippen LogP contribution < -0.4 is 21.7 Å². The molecule has 9 aromatic rings. The van der Waals surface area contributed by atoms with Crippen LogP contribution in [0.15, 0.2) is 127 Å². The van der Waals surface area contributed by atoms with Gasteiger partial charge in [-0.05, 0) is 140 Å². The Balaban J connectivity index is 0.000000162. The molecule has 27 nitrogen and oxygen atoms in total. The van der Waals surface area contributed by atoms with Crippen molar-refractivity contribution in [3.63, 3.8) is 0 Å². The molecule has 8 N–H and O–H groups in total. The Morgan fingerprint density at radius 3 is 1.08 bits per heavy atom. The van der Waals surface area contributed by atoms with Crippen molar-refractivity contribution >= 4 is 105 Å². The van der Waals surface area contributed by atoms with E-state index in [1.807, 2.05) is 0 Å². The maximum Gasteiger partial charge on any atom is 0.359 e. The molecule has 16 rings (SSSR count). The Morgan fingerprint density at radius 1 is 0.460 bits per heavy atom. The highest BCUT2D eigenvalue weighted by Crippen LogP contribution is 2.39. The molecule has 656 valence electrons. The average molecular weight is 1780 g/mol. The summed E-state index contributed by atoms with van der Waals surface area (Å²) in [5.74, 6) is -8.19. The minimum absolute atomic E-state index is 0.0829. The first-order chi connectivity index (χ1) is 59.7.